The molecule has 0 radical (unpaired) electrons. The lowest BCUT2D eigenvalue weighted by atomic mass is 10.2. The van der Waals surface area contributed by atoms with Gasteiger partial charge >= 0.3 is 0 Å². The van der Waals surface area contributed by atoms with E-state index in [1.54, 1.807) is 35.3 Å². The lowest BCUT2D eigenvalue weighted by Crippen LogP contribution is -2.06. The number of hydrogen-bond donors (Lipinski definition) is 0. The zero-order valence-electron chi connectivity index (χ0n) is 14.2. The Bertz CT molecular complexity index is 1040. The molecule has 0 aliphatic carbocycles. The topological polar surface area (TPSA) is 56.5 Å². The zero-order valence-corrected chi connectivity index (χ0v) is 14.2. The first kappa shape index (κ1) is 16.1. The molecule has 0 amide bonds. The summed E-state index contributed by atoms with van der Waals surface area (Å²) in [4.78, 5) is 13.1. The van der Waals surface area contributed by atoms with Gasteiger partial charge in [-0.15, -0.1) is 0 Å². The van der Waals surface area contributed by atoms with Gasteiger partial charge in [0.1, 0.15) is 11.5 Å². The molecule has 0 aliphatic rings. The van der Waals surface area contributed by atoms with E-state index in [1.807, 2.05) is 37.3 Å². The minimum Gasteiger partial charge on any atom is -0.258 e. The molecule has 4 aromatic rings. The van der Waals surface area contributed by atoms with Crippen LogP contribution in [0.5, 0.6) is 0 Å². The highest BCUT2D eigenvalue weighted by molar-refractivity contribution is 5.63. The highest BCUT2D eigenvalue weighted by atomic mass is 19.1. The summed E-state index contributed by atoms with van der Waals surface area (Å²) in [6, 6.07) is 16.1. The normalized spacial score (nSPS) is 10.8. The van der Waals surface area contributed by atoms with Gasteiger partial charge in [0.2, 0.25) is 0 Å². The van der Waals surface area contributed by atoms with Crippen molar-refractivity contribution in [3.63, 3.8) is 0 Å². The van der Waals surface area contributed by atoms with Crippen molar-refractivity contribution in [1.29, 1.82) is 0 Å². The van der Waals surface area contributed by atoms with Gasteiger partial charge in [0.05, 0.1) is 17.9 Å². The summed E-state index contributed by atoms with van der Waals surface area (Å²) in [5.41, 5.74) is 3.65. The Hall–Kier alpha value is -3.41. The molecule has 0 saturated heterocycles. The smallest absolute Gasteiger partial charge is 0.180 e. The van der Waals surface area contributed by atoms with Crippen molar-refractivity contribution in [3.8, 4) is 22.9 Å². The van der Waals surface area contributed by atoms with Crippen LogP contribution in [0.15, 0.2) is 67.0 Å². The van der Waals surface area contributed by atoms with Crippen molar-refractivity contribution in [2.45, 2.75) is 13.5 Å². The number of aryl methyl sites for hydroxylation is 1. The van der Waals surface area contributed by atoms with Gasteiger partial charge in [-0.25, -0.2) is 14.4 Å². The fraction of sp³-hybridized carbons (Fsp3) is 0.100. The third kappa shape index (κ3) is 3.21. The Kier molecular flexibility index (Phi) is 4.23. The third-order valence-electron chi connectivity index (χ3n) is 4.00. The first-order valence-corrected chi connectivity index (χ1v) is 8.23. The molecular formula is C20H16FN5. The lowest BCUT2D eigenvalue weighted by molar-refractivity contribution is 0.587. The maximum absolute atomic E-state index is 14.1. The van der Waals surface area contributed by atoms with Crippen LogP contribution >= 0.6 is 0 Å². The summed E-state index contributed by atoms with van der Waals surface area (Å²) in [7, 11) is 0. The molecule has 0 spiro atoms. The quantitative estimate of drug-likeness (QED) is 0.563. The van der Waals surface area contributed by atoms with Crippen molar-refractivity contribution in [2.24, 2.45) is 0 Å². The summed E-state index contributed by atoms with van der Waals surface area (Å²) in [5.74, 6) is 0.261. The first-order chi connectivity index (χ1) is 12.7. The maximum Gasteiger partial charge on any atom is 0.180 e. The van der Waals surface area contributed by atoms with Gasteiger partial charge in [-0.1, -0.05) is 24.3 Å². The zero-order chi connectivity index (χ0) is 17.9. The second-order valence-electron chi connectivity index (χ2n) is 5.90. The largest absolute Gasteiger partial charge is 0.258 e. The number of nitrogens with zero attached hydrogens (tertiary/aromatic N) is 5. The molecule has 5 nitrogen and oxygen atoms in total. The molecule has 4 rings (SSSR count). The number of benzene rings is 1. The molecule has 0 saturated carbocycles. The van der Waals surface area contributed by atoms with E-state index in [9.17, 15) is 4.39 Å². The number of rotatable bonds is 4. The molecule has 0 N–H and O–H groups in total. The van der Waals surface area contributed by atoms with Gasteiger partial charge in [-0.3, -0.25) is 9.67 Å². The molecule has 0 atom stereocenters. The van der Waals surface area contributed by atoms with Crippen molar-refractivity contribution >= 4 is 0 Å². The van der Waals surface area contributed by atoms with Crippen LogP contribution in [0.3, 0.4) is 0 Å². The Morgan fingerprint density at radius 2 is 1.73 bits per heavy atom. The Morgan fingerprint density at radius 3 is 2.50 bits per heavy atom. The number of hydrogen-bond acceptors (Lipinski definition) is 4. The fourth-order valence-corrected chi connectivity index (χ4v) is 2.76. The average molecular weight is 345 g/mol. The Balaban J connectivity index is 1.83. The van der Waals surface area contributed by atoms with Crippen LogP contribution in [-0.4, -0.2) is 24.7 Å². The Morgan fingerprint density at radius 1 is 0.923 bits per heavy atom. The number of halogens is 1. The van der Waals surface area contributed by atoms with Gasteiger partial charge < -0.3 is 0 Å². The molecule has 26 heavy (non-hydrogen) atoms. The van der Waals surface area contributed by atoms with E-state index < -0.39 is 0 Å². The summed E-state index contributed by atoms with van der Waals surface area (Å²) in [6.45, 7) is 2.23. The second-order valence-corrected chi connectivity index (χ2v) is 5.90. The van der Waals surface area contributed by atoms with Gasteiger partial charge in [-0.2, -0.15) is 5.10 Å². The van der Waals surface area contributed by atoms with Crippen LogP contribution in [0.25, 0.3) is 22.9 Å². The van der Waals surface area contributed by atoms with E-state index in [-0.39, 0.29) is 5.82 Å². The second kappa shape index (κ2) is 6.84. The van der Waals surface area contributed by atoms with E-state index in [2.05, 4.69) is 20.1 Å². The van der Waals surface area contributed by atoms with Crippen LogP contribution in [0, 0.1) is 12.7 Å². The van der Waals surface area contributed by atoms with Crippen molar-refractivity contribution < 1.29 is 4.39 Å². The monoisotopic (exact) mass is 345 g/mol. The lowest BCUT2D eigenvalue weighted by Gasteiger charge is -2.08. The third-order valence-corrected chi connectivity index (χ3v) is 4.00. The van der Waals surface area contributed by atoms with E-state index in [0.717, 1.165) is 17.1 Å². The molecule has 0 bridgehead atoms. The predicted octanol–water partition coefficient (Wildman–Crippen LogP) is 3.90. The minimum atomic E-state index is -0.260. The molecule has 6 heteroatoms. The molecule has 1 aromatic carbocycles. The first-order valence-electron chi connectivity index (χ1n) is 8.23. The van der Waals surface area contributed by atoms with Crippen LogP contribution in [0.4, 0.5) is 4.39 Å². The summed E-state index contributed by atoms with van der Waals surface area (Å²) in [5, 5.41) is 4.61. The fourth-order valence-electron chi connectivity index (χ4n) is 2.76. The van der Waals surface area contributed by atoms with Crippen molar-refractivity contribution in [2.75, 3.05) is 0 Å². The van der Waals surface area contributed by atoms with Gasteiger partial charge in [-0.05, 0) is 37.3 Å². The van der Waals surface area contributed by atoms with Gasteiger partial charge in [0, 0.05) is 23.7 Å². The number of aromatic nitrogens is 5. The van der Waals surface area contributed by atoms with Crippen LogP contribution in [0.1, 0.15) is 11.3 Å². The summed E-state index contributed by atoms with van der Waals surface area (Å²) in [6.07, 6.45) is 3.34. The molecule has 0 unspecified atom stereocenters. The molecule has 128 valence electrons. The summed E-state index contributed by atoms with van der Waals surface area (Å²) >= 11 is 0. The van der Waals surface area contributed by atoms with Crippen LogP contribution in [-0.2, 0) is 6.54 Å². The van der Waals surface area contributed by atoms with E-state index in [1.165, 1.54) is 6.07 Å². The Labute approximate surface area is 150 Å². The molecular weight excluding hydrogens is 329 g/mol. The minimum absolute atomic E-state index is 0.260. The van der Waals surface area contributed by atoms with E-state index in [4.69, 9.17) is 0 Å². The summed E-state index contributed by atoms with van der Waals surface area (Å²) < 4.78 is 15.9. The molecule has 0 aliphatic heterocycles. The molecule has 0 fully saturated rings. The van der Waals surface area contributed by atoms with E-state index >= 15 is 0 Å². The van der Waals surface area contributed by atoms with Crippen molar-refractivity contribution in [1.82, 2.24) is 24.7 Å². The SMILES string of the molecule is Cc1cccc(-c2cc(-c3ncccn3)nn2Cc2ccccc2F)n1. The van der Waals surface area contributed by atoms with E-state index in [0.29, 0.717) is 23.6 Å². The highest BCUT2D eigenvalue weighted by Crippen LogP contribution is 2.24. The predicted molar refractivity (Wildman–Crippen MR) is 96.7 cm³/mol. The molecule has 3 aromatic heterocycles. The van der Waals surface area contributed by atoms with Crippen molar-refractivity contribution in [3.05, 3.63) is 84.1 Å². The van der Waals surface area contributed by atoms with Gasteiger partial charge in [0.15, 0.2) is 5.82 Å². The number of pyridine rings is 1. The average Bonchev–Trinajstić information content (AvgIpc) is 3.08. The standard InChI is InChI=1S/C20H16FN5/c1-14-6-4-9-17(24-14)19-12-18(20-22-10-5-11-23-20)25-26(19)13-15-7-2-3-8-16(15)21/h2-12H,13H2,1H3. The molecule has 3 heterocycles. The maximum atomic E-state index is 14.1. The van der Waals surface area contributed by atoms with Gasteiger partial charge in [0.25, 0.3) is 0 Å². The highest BCUT2D eigenvalue weighted by Gasteiger charge is 2.15. The van der Waals surface area contributed by atoms with Crippen LogP contribution < -0.4 is 0 Å². The van der Waals surface area contributed by atoms with Crippen LogP contribution in [0.2, 0.25) is 0 Å².